The molecule has 1 aromatic rings. The topological polar surface area (TPSA) is 126 Å². The van der Waals surface area contributed by atoms with E-state index < -0.39 is 11.1 Å². The summed E-state index contributed by atoms with van der Waals surface area (Å²) in [6, 6.07) is 3.99. The average Bonchev–Trinajstić information content (AvgIpc) is 2.48. The van der Waals surface area contributed by atoms with Crippen LogP contribution >= 0.6 is 0 Å². The van der Waals surface area contributed by atoms with Crippen molar-refractivity contribution < 1.29 is 19.7 Å². The minimum Gasteiger partial charge on any atom is -0.504 e. The third-order valence-corrected chi connectivity index (χ3v) is 3.46. The Morgan fingerprint density at radius 3 is 2.79 bits per heavy atom. The van der Waals surface area contributed by atoms with Crippen LogP contribution in [0.3, 0.4) is 0 Å². The quantitative estimate of drug-likeness (QED) is 0.549. The smallest absolute Gasteiger partial charge is 0.273 e. The molecule has 1 aliphatic rings. The van der Waals surface area contributed by atoms with Crippen molar-refractivity contribution in [3.63, 3.8) is 0 Å². The number of ketones is 1. The van der Waals surface area contributed by atoms with E-state index in [1.165, 1.54) is 13.0 Å². The van der Waals surface area contributed by atoms with E-state index in [0.717, 1.165) is 0 Å². The molecule has 9 heteroatoms. The number of aromatic hydroxyl groups is 1. The van der Waals surface area contributed by atoms with Crippen molar-refractivity contribution in [3.8, 4) is 11.5 Å². The Hall–Kier alpha value is -3.10. The van der Waals surface area contributed by atoms with Crippen molar-refractivity contribution in [3.05, 3.63) is 45.1 Å². The molecule has 0 unspecified atom stereocenters. The molecule has 0 saturated carbocycles. The van der Waals surface area contributed by atoms with Gasteiger partial charge in [0.2, 0.25) is 0 Å². The number of carbonyl (C=O) groups excluding carboxylic acids is 1. The number of allylic oxidation sites excluding steroid dienone is 1. The lowest BCUT2D eigenvalue weighted by atomic mass is 9.93. The number of guanidine groups is 1. The van der Waals surface area contributed by atoms with E-state index >= 15 is 0 Å². The molecule has 1 heterocycles. The predicted octanol–water partition coefficient (Wildman–Crippen LogP) is 1.44. The molecule has 24 heavy (non-hydrogen) atoms. The number of hydrazone groups is 1. The van der Waals surface area contributed by atoms with Gasteiger partial charge in [-0.05, 0) is 38.5 Å². The molecule has 0 aliphatic carbocycles. The third-order valence-electron chi connectivity index (χ3n) is 3.46. The molecule has 0 bridgehead atoms. The minimum atomic E-state index is -0.832. The molecule has 1 aromatic carbocycles. The van der Waals surface area contributed by atoms with Crippen LogP contribution in [-0.2, 0) is 4.79 Å². The molecule has 9 nitrogen and oxygen atoms in total. The highest BCUT2D eigenvalue weighted by molar-refractivity contribution is 5.99. The molecule has 0 fully saturated rings. The molecule has 1 aliphatic heterocycles. The number of carbonyl (C=O) groups is 1. The van der Waals surface area contributed by atoms with E-state index in [2.05, 4.69) is 15.7 Å². The summed E-state index contributed by atoms with van der Waals surface area (Å²) in [5.74, 6) is -0.0235. The number of nitrogens with zero attached hydrogens (tertiary/aromatic N) is 2. The molecule has 0 radical (unpaired) electrons. The molecule has 0 saturated heterocycles. The molecule has 2 rings (SSSR count). The van der Waals surface area contributed by atoms with E-state index in [-0.39, 0.29) is 23.2 Å². The summed E-state index contributed by atoms with van der Waals surface area (Å²) in [5, 5.41) is 28.4. The van der Waals surface area contributed by atoms with Gasteiger partial charge in [0.15, 0.2) is 22.3 Å². The maximum Gasteiger partial charge on any atom is 0.273 e. The van der Waals surface area contributed by atoms with E-state index in [0.29, 0.717) is 23.4 Å². The first-order valence-corrected chi connectivity index (χ1v) is 7.27. The van der Waals surface area contributed by atoms with Gasteiger partial charge in [0.1, 0.15) is 5.10 Å². The first-order valence-electron chi connectivity index (χ1n) is 7.27. The zero-order chi connectivity index (χ0) is 17.9. The summed E-state index contributed by atoms with van der Waals surface area (Å²) >= 11 is 0. The molecule has 0 spiro atoms. The van der Waals surface area contributed by atoms with Crippen LogP contribution in [0.15, 0.2) is 34.6 Å². The van der Waals surface area contributed by atoms with Gasteiger partial charge in [0, 0.05) is 11.3 Å². The fourth-order valence-electron chi connectivity index (χ4n) is 2.54. The van der Waals surface area contributed by atoms with Crippen LogP contribution in [0, 0.1) is 10.1 Å². The van der Waals surface area contributed by atoms with Gasteiger partial charge < -0.3 is 20.5 Å². The Morgan fingerprint density at radius 2 is 2.21 bits per heavy atom. The van der Waals surface area contributed by atoms with Crippen molar-refractivity contribution >= 4 is 11.7 Å². The molecule has 3 N–H and O–H groups in total. The lowest BCUT2D eigenvalue weighted by Gasteiger charge is -2.29. The third kappa shape index (κ3) is 3.62. The number of phenols is 1. The Bertz CT molecular complexity index is 741. The van der Waals surface area contributed by atoms with Gasteiger partial charge in [-0.1, -0.05) is 6.07 Å². The first-order chi connectivity index (χ1) is 11.3. The second-order valence-electron chi connectivity index (χ2n) is 5.14. The largest absolute Gasteiger partial charge is 0.504 e. The Balaban J connectivity index is 2.51. The van der Waals surface area contributed by atoms with Gasteiger partial charge in [-0.3, -0.25) is 4.79 Å². The van der Waals surface area contributed by atoms with Crippen molar-refractivity contribution in [2.24, 2.45) is 5.10 Å². The second kappa shape index (κ2) is 6.99. The Morgan fingerprint density at radius 1 is 1.50 bits per heavy atom. The zero-order valence-electron chi connectivity index (χ0n) is 13.5. The van der Waals surface area contributed by atoms with Crippen molar-refractivity contribution in [1.82, 2.24) is 10.6 Å². The number of nitrogens with one attached hydrogen (secondary N) is 2. The van der Waals surface area contributed by atoms with Crippen molar-refractivity contribution in [1.29, 1.82) is 0 Å². The Kier molecular flexibility index (Phi) is 5.02. The Labute approximate surface area is 138 Å². The highest BCUT2D eigenvalue weighted by atomic mass is 16.7. The van der Waals surface area contributed by atoms with E-state index in [1.807, 2.05) is 0 Å². The monoisotopic (exact) mass is 334 g/mol. The van der Waals surface area contributed by atoms with Gasteiger partial charge in [-0.15, -0.1) is 0 Å². The van der Waals surface area contributed by atoms with Gasteiger partial charge in [0.05, 0.1) is 12.6 Å². The van der Waals surface area contributed by atoms with Crippen LogP contribution in [0.1, 0.15) is 32.4 Å². The van der Waals surface area contributed by atoms with E-state index in [4.69, 9.17) is 4.74 Å². The number of ether oxygens (including phenoxy) is 1. The lowest BCUT2D eigenvalue weighted by Crippen LogP contribution is -2.46. The molecular weight excluding hydrogens is 316 g/mol. The number of phenolic OH excluding ortho intramolecular Hbond substituents is 1. The number of benzene rings is 1. The molecule has 0 amide bonds. The highest BCUT2D eigenvalue weighted by Crippen LogP contribution is 2.33. The summed E-state index contributed by atoms with van der Waals surface area (Å²) in [5.41, 5.74) is 1.50. The van der Waals surface area contributed by atoms with Crippen LogP contribution < -0.4 is 15.4 Å². The molecule has 1 atom stereocenters. The molecular formula is C15H18N4O5. The van der Waals surface area contributed by atoms with Crippen LogP contribution in [0.4, 0.5) is 0 Å². The van der Waals surface area contributed by atoms with Crippen LogP contribution in [0.5, 0.6) is 11.5 Å². The predicted molar refractivity (Wildman–Crippen MR) is 86.1 cm³/mol. The standard InChI is InChI=1S/C15H18N4O5/c1-4-24-12-7-10(5-6-11(12)21)14-13(9(3)20)8(2)16-15(17-14)18-19(22)23/h5-7,14,21H,4H2,1-3H3,(H2,16,17,18)/t14-/m0/s1. The normalized spacial score (nSPS) is 18.8. The van der Waals surface area contributed by atoms with Crippen LogP contribution in [0.25, 0.3) is 0 Å². The molecule has 128 valence electrons. The van der Waals surface area contributed by atoms with Gasteiger partial charge in [0.25, 0.3) is 5.96 Å². The number of rotatable bonds is 5. The second-order valence-corrected chi connectivity index (χ2v) is 5.14. The summed E-state index contributed by atoms with van der Waals surface area (Å²) < 4.78 is 5.35. The SMILES string of the molecule is CCOc1cc([C@@H]2N/C(=N\[N+](=O)[O-])NC(C)=C2C(C)=O)ccc1O. The maximum absolute atomic E-state index is 12.0. The zero-order valence-corrected chi connectivity index (χ0v) is 13.5. The molecule has 0 aromatic heterocycles. The van der Waals surface area contributed by atoms with Crippen molar-refractivity contribution in [2.45, 2.75) is 26.8 Å². The number of nitro groups is 1. The van der Waals surface area contributed by atoms with E-state index in [1.54, 1.807) is 26.0 Å². The minimum absolute atomic E-state index is 0.0289. The van der Waals surface area contributed by atoms with E-state index in [9.17, 15) is 20.0 Å². The average molecular weight is 334 g/mol. The maximum atomic E-state index is 12.0. The van der Waals surface area contributed by atoms with Crippen LogP contribution in [0.2, 0.25) is 0 Å². The number of hydrogen-bond acceptors (Lipinski definition) is 5. The summed E-state index contributed by atoms with van der Waals surface area (Å²) in [4.78, 5) is 22.6. The lowest BCUT2D eigenvalue weighted by molar-refractivity contribution is -0.485. The van der Waals surface area contributed by atoms with Crippen LogP contribution in [-0.4, -0.2) is 28.5 Å². The summed E-state index contributed by atoms with van der Waals surface area (Å²) in [6.07, 6.45) is 0. The van der Waals surface area contributed by atoms with Crippen molar-refractivity contribution in [2.75, 3.05) is 6.61 Å². The fourth-order valence-corrected chi connectivity index (χ4v) is 2.54. The van der Waals surface area contributed by atoms with Gasteiger partial charge in [-0.25, -0.2) is 10.1 Å². The van der Waals surface area contributed by atoms with Gasteiger partial charge in [-0.2, -0.15) is 0 Å². The number of hydrogen-bond donors (Lipinski definition) is 3. The summed E-state index contributed by atoms with van der Waals surface area (Å²) in [7, 11) is 0. The van der Waals surface area contributed by atoms with Gasteiger partial charge >= 0.3 is 0 Å². The number of Topliss-reactive ketones (excluding diaryl/α,β-unsaturated/α-hetero) is 1. The first kappa shape index (κ1) is 17.3. The fraction of sp³-hybridized carbons (Fsp3) is 0.333. The highest BCUT2D eigenvalue weighted by Gasteiger charge is 2.30. The summed E-state index contributed by atoms with van der Waals surface area (Å²) in [6.45, 7) is 5.19.